The summed E-state index contributed by atoms with van der Waals surface area (Å²) >= 11 is 0. The molecule has 2 rings (SSSR count). The lowest BCUT2D eigenvalue weighted by Crippen LogP contribution is -2.55. The molecule has 1 aromatic rings. The molecule has 92 valence electrons. The van der Waals surface area contributed by atoms with Crippen molar-refractivity contribution in [3.63, 3.8) is 0 Å². The summed E-state index contributed by atoms with van der Waals surface area (Å²) in [7, 11) is 0. The minimum atomic E-state index is -0.987. The number of aliphatic carboxylic acids is 1. The lowest BCUT2D eigenvalue weighted by molar-refractivity contribution is -0.159. The van der Waals surface area contributed by atoms with Crippen LogP contribution in [0.25, 0.3) is 0 Å². The van der Waals surface area contributed by atoms with Crippen LogP contribution >= 0.6 is 0 Å². The second-order valence-electron chi connectivity index (χ2n) is 4.57. The van der Waals surface area contributed by atoms with Crippen molar-refractivity contribution < 1.29 is 14.6 Å². The van der Waals surface area contributed by atoms with Crippen LogP contribution in [-0.2, 0) is 16.0 Å². The topological polar surface area (TPSA) is 72.5 Å². The SMILES string of the molecule is NC1CCOCC1(Cc1ccccc1)C(=O)O. The molecular weight excluding hydrogens is 218 g/mol. The molecule has 1 aromatic carbocycles. The van der Waals surface area contributed by atoms with Gasteiger partial charge in [0.1, 0.15) is 5.41 Å². The molecular formula is C13H17NO3. The summed E-state index contributed by atoms with van der Waals surface area (Å²) in [6, 6.07) is 9.21. The maximum Gasteiger partial charge on any atom is 0.313 e. The molecule has 0 aromatic heterocycles. The molecule has 4 nitrogen and oxygen atoms in total. The van der Waals surface area contributed by atoms with Crippen molar-refractivity contribution in [1.82, 2.24) is 0 Å². The van der Waals surface area contributed by atoms with E-state index >= 15 is 0 Å². The Balaban J connectivity index is 2.25. The van der Waals surface area contributed by atoms with E-state index in [1.807, 2.05) is 30.3 Å². The fraction of sp³-hybridized carbons (Fsp3) is 0.462. The zero-order valence-corrected chi connectivity index (χ0v) is 9.63. The Morgan fingerprint density at radius 3 is 2.76 bits per heavy atom. The summed E-state index contributed by atoms with van der Waals surface area (Å²) in [5.74, 6) is -0.867. The van der Waals surface area contributed by atoms with Crippen molar-refractivity contribution in [1.29, 1.82) is 0 Å². The van der Waals surface area contributed by atoms with E-state index in [1.165, 1.54) is 0 Å². The first kappa shape index (κ1) is 12.1. The summed E-state index contributed by atoms with van der Waals surface area (Å²) in [4.78, 5) is 11.5. The van der Waals surface area contributed by atoms with Gasteiger partial charge in [-0.2, -0.15) is 0 Å². The Kier molecular flexibility index (Phi) is 3.45. The third kappa shape index (κ3) is 2.33. The molecule has 3 N–H and O–H groups in total. The predicted octanol–water partition coefficient (Wildman–Crippen LogP) is 1.05. The van der Waals surface area contributed by atoms with Gasteiger partial charge in [-0.3, -0.25) is 4.79 Å². The normalized spacial score (nSPS) is 28.9. The highest BCUT2D eigenvalue weighted by atomic mass is 16.5. The zero-order valence-electron chi connectivity index (χ0n) is 9.63. The van der Waals surface area contributed by atoms with Crippen LogP contribution < -0.4 is 5.73 Å². The van der Waals surface area contributed by atoms with Gasteiger partial charge in [-0.1, -0.05) is 30.3 Å². The van der Waals surface area contributed by atoms with Gasteiger partial charge in [-0.25, -0.2) is 0 Å². The molecule has 0 aliphatic carbocycles. The minimum absolute atomic E-state index is 0.193. The number of nitrogens with two attached hydrogens (primary N) is 1. The van der Waals surface area contributed by atoms with Crippen molar-refractivity contribution in [3.05, 3.63) is 35.9 Å². The van der Waals surface area contributed by atoms with Crippen molar-refractivity contribution in [3.8, 4) is 0 Å². The maximum absolute atomic E-state index is 11.5. The minimum Gasteiger partial charge on any atom is -0.481 e. The standard InChI is InChI=1S/C13H17NO3/c14-11-6-7-17-9-13(11,12(15)16)8-10-4-2-1-3-5-10/h1-5,11H,6-9,14H2,(H,15,16). The second-order valence-corrected chi connectivity index (χ2v) is 4.57. The largest absolute Gasteiger partial charge is 0.481 e. The Labute approximate surface area is 100 Å². The molecule has 2 atom stereocenters. The molecule has 1 fully saturated rings. The van der Waals surface area contributed by atoms with E-state index in [9.17, 15) is 9.90 Å². The summed E-state index contributed by atoms with van der Waals surface area (Å²) in [6.45, 7) is 0.739. The quantitative estimate of drug-likeness (QED) is 0.821. The summed E-state index contributed by atoms with van der Waals surface area (Å²) in [5.41, 5.74) is 6.00. The molecule has 1 aliphatic rings. The highest BCUT2D eigenvalue weighted by Crippen LogP contribution is 2.32. The maximum atomic E-state index is 11.5. The smallest absolute Gasteiger partial charge is 0.313 e. The van der Waals surface area contributed by atoms with Gasteiger partial charge < -0.3 is 15.6 Å². The van der Waals surface area contributed by atoms with Crippen LogP contribution in [0, 0.1) is 5.41 Å². The second kappa shape index (κ2) is 4.85. The van der Waals surface area contributed by atoms with Gasteiger partial charge >= 0.3 is 5.97 Å². The molecule has 0 bridgehead atoms. The molecule has 1 saturated heterocycles. The molecule has 4 heteroatoms. The van der Waals surface area contributed by atoms with Gasteiger partial charge in [0.2, 0.25) is 0 Å². The third-order valence-corrected chi connectivity index (χ3v) is 3.43. The van der Waals surface area contributed by atoms with Crippen LogP contribution in [0.1, 0.15) is 12.0 Å². The first-order chi connectivity index (χ1) is 8.15. The molecule has 2 unspecified atom stereocenters. The Hall–Kier alpha value is -1.39. The van der Waals surface area contributed by atoms with E-state index in [4.69, 9.17) is 10.5 Å². The molecule has 17 heavy (non-hydrogen) atoms. The van der Waals surface area contributed by atoms with E-state index in [0.717, 1.165) is 5.56 Å². The first-order valence-corrected chi connectivity index (χ1v) is 5.76. The molecule has 0 saturated carbocycles. The number of ether oxygens (including phenoxy) is 1. The lowest BCUT2D eigenvalue weighted by Gasteiger charge is -2.38. The first-order valence-electron chi connectivity index (χ1n) is 5.76. The van der Waals surface area contributed by atoms with Crippen LogP contribution in [0.15, 0.2) is 30.3 Å². The third-order valence-electron chi connectivity index (χ3n) is 3.43. The summed E-state index contributed by atoms with van der Waals surface area (Å²) < 4.78 is 5.33. The van der Waals surface area contributed by atoms with Gasteiger partial charge in [-0.15, -0.1) is 0 Å². The van der Waals surface area contributed by atoms with Crippen LogP contribution in [-0.4, -0.2) is 30.3 Å². The number of hydrogen-bond acceptors (Lipinski definition) is 3. The Morgan fingerprint density at radius 1 is 1.47 bits per heavy atom. The Bertz CT molecular complexity index is 393. The van der Waals surface area contributed by atoms with Crippen LogP contribution in [0.2, 0.25) is 0 Å². The number of carboxylic acids is 1. The van der Waals surface area contributed by atoms with E-state index in [1.54, 1.807) is 0 Å². The summed E-state index contributed by atoms with van der Waals surface area (Å²) in [5, 5.41) is 9.46. The molecule has 1 aliphatic heterocycles. The van der Waals surface area contributed by atoms with E-state index in [-0.39, 0.29) is 12.6 Å². The monoisotopic (exact) mass is 235 g/mol. The van der Waals surface area contributed by atoms with Crippen LogP contribution in [0.4, 0.5) is 0 Å². The average molecular weight is 235 g/mol. The van der Waals surface area contributed by atoms with Gasteiger partial charge in [-0.05, 0) is 18.4 Å². The van der Waals surface area contributed by atoms with Gasteiger partial charge in [0.15, 0.2) is 0 Å². The van der Waals surface area contributed by atoms with Gasteiger partial charge in [0, 0.05) is 12.6 Å². The van der Waals surface area contributed by atoms with E-state index in [2.05, 4.69) is 0 Å². The molecule has 1 heterocycles. The van der Waals surface area contributed by atoms with E-state index in [0.29, 0.717) is 19.4 Å². The van der Waals surface area contributed by atoms with Crippen molar-refractivity contribution >= 4 is 5.97 Å². The van der Waals surface area contributed by atoms with Crippen molar-refractivity contribution in [2.75, 3.05) is 13.2 Å². The Morgan fingerprint density at radius 2 is 2.18 bits per heavy atom. The highest BCUT2D eigenvalue weighted by Gasteiger charge is 2.46. The van der Waals surface area contributed by atoms with Crippen molar-refractivity contribution in [2.45, 2.75) is 18.9 Å². The van der Waals surface area contributed by atoms with Crippen molar-refractivity contribution in [2.24, 2.45) is 11.1 Å². The van der Waals surface area contributed by atoms with E-state index < -0.39 is 11.4 Å². The number of rotatable bonds is 3. The number of hydrogen-bond donors (Lipinski definition) is 2. The molecule has 0 spiro atoms. The molecule has 0 amide bonds. The highest BCUT2D eigenvalue weighted by molar-refractivity contribution is 5.76. The molecule has 0 radical (unpaired) electrons. The van der Waals surface area contributed by atoms with Crippen LogP contribution in [0.3, 0.4) is 0 Å². The average Bonchev–Trinajstić information content (AvgIpc) is 2.33. The van der Waals surface area contributed by atoms with Gasteiger partial charge in [0.05, 0.1) is 6.61 Å². The number of benzene rings is 1. The fourth-order valence-corrected chi connectivity index (χ4v) is 2.29. The van der Waals surface area contributed by atoms with Gasteiger partial charge in [0.25, 0.3) is 0 Å². The van der Waals surface area contributed by atoms with Crippen LogP contribution in [0.5, 0.6) is 0 Å². The lowest BCUT2D eigenvalue weighted by atomic mass is 9.74. The fourth-order valence-electron chi connectivity index (χ4n) is 2.29. The summed E-state index contributed by atoms with van der Waals surface area (Å²) in [6.07, 6.45) is 1.02. The number of carbonyl (C=O) groups is 1. The number of carboxylic acid groups (broad SMARTS) is 1. The zero-order chi connectivity index (χ0) is 12.3. The predicted molar refractivity (Wildman–Crippen MR) is 63.6 cm³/mol.